The molecule has 2 rings (SSSR count). The van der Waals surface area contributed by atoms with E-state index in [9.17, 15) is 0 Å². The van der Waals surface area contributed by atoms with Crippen molar-refractivity contribution in [2.45, 2.75) is 26.4 Å². The Morgan fingerprint density at radius 3 is 2.79 bits per heavy atom. The molecule has 0 fully saturated rings. The summed E-state index contributed by atoms with van der Waals surface area (Å²) in [5.74, 6) is 2.34. The first-order valence-corrected chi connectivity index (χ1v) is 7.57. The first-order valence-electron chi connectivity index (χ1n) is 7.57. The predicted molar refractivity (Wildman–Crippen MR) is 104 cm³/mol. The molecule has 0 bridgehead atoms. The van der Waals surface area contributed by atoms with Gasteiger partial charge in [-0.15, -0.1) is 34.2 Å². The fraction of sp³-hybridized carbons (Fsp3) is 0.467. The molecule has 0 saturated carbocycles. The van der Waals surface area contributed by atoms with E-state index in [0.29, 0.717) is 12.4 Å². The Kier molecular flexibility index (Phi) is 9.05. The molecule has 0 aliphatic heterocycles. The third kappa shape index (κ3) is 5.95. The van der Waals surface area contributed by atoms with Crippen LogP contribution in [0.1, 0.15) is 18.3 Å². The predicted octanol–water partition coefficient (Wildman–Crippen LogP) is 1.23. The molecule has 24 heavy (non-hydrogen) atoms. The van der Waals surface area contributed by atoms with Crippen molar-refractivity contribution in [3.8, 4) is 5.88 Å². The van der Waals surface area contributed by atoms with Gasteiger partial charge in [0.05, 0.1) is 7.11 Å². The molecule has 0 saturated heterocycles. The highest BCUT2D eigenvalue weighted by Crippen LogP contribution is 2.06. The molecule has 2 aromatic heterocycles. The number of aliphatic imine (C=N–C) groups is 1. The number of ether oxygens (including phenoxy) is 1. The minimum atomic E-state index is 0. The minimum absolute atomic E-state index is 0. The number of nitrogens with zero attached hydrogens (tertiary/aromatic N) is 5. The monoisotopic (exact) mass is 445 g/mol. The van der Waals surface area contributed by atoms with Crippen molar-refractivity contribution >= 4 is 29.9 Å². The molecular formula is C15H24IN7O. The number of aromatic nitrogens is 4. The van der Waals surface area contributed by atoms with E-state index in [0.717, 1.165) is 36.9 Å². The maximum Gasteiger partial charge on any atom is 0.212 e. The maximum atomic E-state index is 5.04. The van der Waals surface area contributed by atoms with Crippen LogP contribution in [-0.2, 0) is 19.5 Å². The first-order chi connectivity index (χ1) is 11.3. The van der Waals surface area contributed by atoms with Gasteiger partial charge >= 0.3 is 0 Å². The van der Waals surface area contributed by atoms with Gasteiger partial charge in [0.1, 0.15) is 12.2 Å². The summed E-state index contributed by atoms with van der Waals surface area (Å²) in [5.41, 5.74) is 1.06. The lowest BCUT2D eigenvalue weighted by atomic mass is 10.3. The number of nitrogens with one attached hydrogen (secondary N) is 2. The van der Waals surface area contributed by atoms with Crippen LogP contribution in [0.3, 0.4) is 0 Å². The van der Waals surface area contributed by atoms with Gasteiger partial charge in [-0.2, -0.15) is 0 Å². The number of halogens is 1. The topological polar surface area (TPSA) is 89.2 Å². The van der Waals surface area contributed by atoms with Gasteiger partial charge in [-0.3, -0.25) is 4.99 Å². The first kappa shape index (κ1) is 20.1. The number of rotatable bonds is 7. The molecule has 0 amide bonds. The number of aryl methyl sites for hydroxylation is 1. The Labute approximate surface area is 159 Å². The Bertz CT molecular complexity index is 627. The van der Waals surface area contributed by atoms with Gasteiger partial charge < -0.3 is 19.9 Å². The Morgan fingerprint density at radius 2 is 2.17 bits per heavy atom. The highest BCUT2D eigenvalue weighted by atomic mass is 127. The second-order valence-corrected chi connectivity index (χ2v) is 4.86. The zero-order valence-corrected chi connectivity index (χ0v) is 16.5. The molecule has 2 heterocycles. The third-order valence-electron chi connectivity index (χ3n) is 3.35. The van der Waals surface area contributed by atoms with Crippen molar-refractivity contribution < 1.29 is 4.74 Å². The lowest BCUT2D eigenvalue weighted by molar-refractivity contribution is 0.397. The third-order valence-corrected chi connectivity index (χ3v) is 3.35. The molecule has 8 nitrogen and oxygen atoms in total. The summed E-state index contributed by atoms with van der Waals surface area (Å²) >= 11 is 0. The van der Waals surface area contributed by atoms with Gasteiger partial charge in [0, 0.05) is 45.4 Å². The number of hydrogen-bond acceptors (Lipinski definition) is 5. The average Bonchev–Trinajstić information content (AvgIpc) is 3.05. The van der Waals surface area contributed by atoms with Crippen LogP contribution in [0.2, 0.25) is 0 Å². The summed E-state index contributed by atoms with van der Waals surface area (Å²) in [6.07, 6.45) is 4.40. The molecule has 9 heteroatoms. The number of methoxy groups -OCH3 is 1. The molecule has 2 aromatic rings. The molecule has 0 spiro atoms. The normalized spacial score (nSPS) is 10.9. The smallest absolute Gasteiger partial charge is 0.212 e. The largest absolute Gasteiger partial charge is 0.481 e. The number of guanidine groups is 1. The van der Waals surface area contributed by atoms with E-state index in [1.54, 1.807) is 26.7 Å². The zero-order chi connectivity index (χ0) is 16.5. The van der Waals surface area contributed by atoms with E-state index in [4.69, 9.17) is 4.74 Å². The van der Waals surface area contributed by atoms with E-state index >= 15 is 0 Å². The van der Waals surface area contributed by atoms with Gasteiger partial charge in [-0.1, -0.05) is 13.0 Å². The van der Waals surface area contributed by atoms with Crippen molar-refractivity contribution in [3.63, 3.8) is 0 Å². The van der Waals surface area contributed by atoms with Gasteiger partial charge in [-0.25, -0.2) is 4.98 Å². The molecule has 0 aliphatic carbocycles. The van der Waals surface area contributed by atoms with Crippen LogP contribution in [0.5, 0.6) is 5.88 Å². The van der Waals surface area contributed by atoms with Crippen molar-refractivity contribution in [1.29, 1.82) is 0 Å². The molecule has 0 aliphatic rings. The summed E-state index contributed by atoms with van der Waals surface area (Å²) < 4.78 is 7.08. The summed E-state index contributed by atoms with van der Waals surface area (Å²) in [6, 6.07) is 3.81. The molecule has 0 radical (unpaired) electrons. The number of hydrogen-bond donors (Lipinski definition) is 2. The van der Waals surface area contributed by atoms with Crippen molar-refractivity contribution in [1.82, 2.24) is 30.4 Å². The van der Waals surface area contributed by atoms with Crippen molar-refractivity contribution in [2.24, 2.45) is 4.99 Å². The maximum absolute atomic E-state index is 5.04. The SMILES string of the molecule is CCc1nncn1CCNC(=NC)NCc1ccc(OC)nc1.I. The molecular weight excluding hydrogens is 421 g/mol. The fourth-order valence-corrected chi connectivity index (χ4v) is 2.08. The van der Waals surface area contributed by atoms with E-state index in [1.165, 1.54) is 0 Å². The highest BCUT2D eigenvalue weighted by molar-refractivity contribution is 14.0. The van der Waals surface area contributed by atoms with Crippen LogP contribution >= 0.6 is 24.0 Å². The quantitative estimate of drug-likeness (QED) is 0.379. The molecule has 2 N–H and O–H groups in total. The Hall–Kier alpha value is -1.91. The van der Waals surface area contributed by atoms with Gasteiger partial charge in [0.25, 0.3) is 0 Å². The second kappa shape index (κ2) is 10.8. The van der Waals surface area contributed by atoms with Crippen LogP contribution < -0.4 is 15.4 Å². The molecule has 0 aromatic carbocycles. The summed E-state index contributed by atoms with van der Waals surface area (Å²) in [4.78, 5) is 8.38. The lowest BCUT2D eigenvalue weighted by Gasteiger charge is -2.12. The Balaban J connectivity index is 0.00000288. The average molecular weight is 445 g/mol. The minimum Gasteiger partial charge on any atom is -0.481 e. The van der Waals surface area contributed by atoms with Crippen molar-refractivity contribution in [2.75, 3.05) is 20.7 Å². The van der Waals surface area contributed by atoms with Gasteiger partial charge in [0.15, 0.2) is 5.96 Å². The molecule has 0 atom stereocenters. The lowest BCUT2D eigenvalue weighted by Crippen LogP contribution is -2.38. The van der Waals surface area contributed by atoms with Crippen LogP contribution in [0, 0.1) is 0 Å². The number of pyridine rings is 1. The van der Waals surface area contributed by atoms with Gasteiger partial charge in [0.2, 0.25) is 5.88 Å². The summed E-state index contributed by atoms with van der Waals surface area (Å²) in [6.45, 7) is 4.24. The summed E-state index contributed by atoms with van der Waals surface area (Å²) in [5, 5.41) is 14.5. The van der Waals surface area contributed by atoms with E-state index < -0.39 is 0 Å². The van der Waals surface area contributed by atoms with Gasteiger partial charge in [-0.05, 0) is 5.56 Å². The standard InChI is InChI=1S/C15H23N7O.HI/c1-4-13-21-20-11-22(13)8-7-17-15(16-2)19-10-12-5-6-14(23-3)18-9-12;/h5-6,9,11H,4,7-8,10H2,1-3H3,(H2,16,17,19);1H. The summed E-state index contributed by atoms with van der Waals surface area (Å²) in [7, 11) is 3.35. The van der Waals surface area contributed by atoms with Crippen LogP contribution in [0.25, 0.3) is 0 Å². The molecule has 132 valence electrons. The van der Waals surface area contributed by atoms with E-state index in [-0.39, 0.29) is 24.0 Å². The zero-order valence-electron chi connectivity index (χ0n) is 14.2. The fourth-order valence-electron chi connectivity index (χ4n) is 2.08. The van der Waals surface area contributed by atoms with Crippen molar-refractivity contribution in [3.05, 3.63) is 36.0 Å². The van der Waals surface area contributed by atoms with Crippen LogP contribution in [0.4, 0.5) is 0 Å². The van der Waals surface area contributed by atoms with Crippen LogP contribution in [0.15, 0.2) is 29.6 Å². The highest BCUT2D eigenvalue weighted by Gasteiger charge is 2.02. The Morgan fingerprint density at radius 1 is 1.33 bits per heavy atom. The van der Waals surface area contributed by atoms with Crippen LogP contribution in [-0.4, -0.2) is 46.4 Å². The second-order valence-electron chi connectivity index (χ2n) is 4.86. The molecule has 0 unspecified atom stereocenters. The van der Waals surface area contributed by atoms with E-state index in [1.807, 2.05) is 16.7 Å². The van der Waals surface area contributed by atoms with E-state index in [2.05, 4.69) is 37.7 Å².